The average Bonchev–Trinajstić information content (AvgIpc) is 2.26. The molecule has 0 spiro atoms. The van der Waals surface area contributed by atoms with Gasteiger partial charge in [0.1, 0.15) is 0 Å². The summed E-state index contributed by atoms with van der Waals surface area (Å²) in [5.74, 6) is -0.0399. The lowest BCUT2D eigenvalue weighted by Gasteiger charge is -2.35. The summed E-state index contributed by atoms with van der Waals surface area (Å²) in [6.07, 6.45) is 4.30. The van der Waals surface area contributed by atoms with Crippen molar-refractivity contribution >= 4 is 40.7 Å². The van der Waals surface area contributed by atoms with Gasteiger partial charge in [0.25, 0.3) is 3.79 Å². The van der Waals surface area contributed by atoms with E-state index in [1.54, 1.807) is 0 Å². The topological polar surface area (TPSA) is 33.5 Å². The lowest BCUT2D eigenvalue weighted by Crippen LogP contribution is -3.20. The standard InChI is InChI=1S/C11H19Cl3N2O/c1-2-6-9(17)15-10(11(12,13)14)16-7-4-3-5-8-16/h10H,2-8H2,1H3,(H,15,17)/p+1/t10-/m0/s1. The fourth-order valence-corrected chi connectivity index (χ4v) is 2.80. The van der Waals surface area contributed by atoms with Crippen LogP contribution in [0.25, 0.3) is 0 Å². The molecule has 0 saturated carbocycles. The number of likely N-dealkylation sites (tertiary alicyclic amines) is 1. The molecule has 0 radical (unpaired) electrons. The minimum Gasteiger partial charge on any atom is -0.312 e. The Morgan fingerprint density at radius 3 is 2.35 bits per heavy atom. The number of hydrogen-bond donors (Lipinski definition) is 2. The molecule has 1 rings (SSSR count). The number of alkyl halides is 3. The van der Waals surface area contributed by atoms with Gasteiger partial charge in [0.05, 0.1) is 13.1 Å². The fraction of sp³-hybridized carbons (Fsp3) is 0.909. The second kappa shape index (κ2) is 7.03. The van der Waals surface area contributed by atoms with E-state index in [-0.39, 0.29) is 5.91 Å². The van der Waals surface area contributed by atoms with Crippen molar-refractivity contribution in [2.24, 2.45) is 0 Å². The van der Waals surface area contributed by atoms with Gasteiger partial charge >= 0.3 is 0 Å². The number of piperidine rings is 1. The lowest BCUT2D eigenvalue weighted by molar-refractivity contribution is -0.931. The van der Waals surface area contributed by atoms with E-state index in [0.717, 1.165) is 32.4 Å². The zero-order valence-electron chi connectivity index (χ0n) is 10.1. The minimum absolute atomic E-state index is 0.0399. The first-order valence-corrected chi connectivity index (χ1v) is 7.29. The largest absolute Gasteiger partial charge is 0.312 e. The Labute approximate surface area is 118 Å². The number of rotatable bonds is 4. The maximum absolute atomic E-state index is 11.6. The second-order valence-corrected chi connectivity index (χ2v) is 6.88. The molecule has 1 aliphatic heterocycles. The van der Waals surface area contributed by atoms with E-state index in [1.807, 2.05) is 6.92 Å². The number of carbonyl (C=O) groups excluding carboxylic acids is 1. The molecule has 0 aromatic rings. The molecule has 1 saturated heterocycles. The summed E-state index contributed by atoms with van der Waals surface area (Å²) in [4.78, 5) is 12.8. The Balaban J connectivity index is 2.63. The van der Waals surface area contributed by atoms with E-state index in [1.165, 1.54) is 11.3 Å². The van der Waals surface area contributed by atoms with E-state index >= 15 is 0 Å². The third-order valence-corrected chi connectivity index (χ3v) is 3.67. The first kappa shape index (κ1) is 15.4. The van der Waals surface area contributed by atoms with Crippen molar-refractivity contribution in [1.82, 2.24) is 5.32 Å². The van der Waals surface area contributed by atoms with Gasteiger partial charge in [-0.25, -0.2) is 0 Å². The maximum atomic E-state index is 11.6. The van der Waals surface area contributed by atoms with Crippen molar-refractivity contribution in [1.29, 1.82) is 0 Å². The quantitative estimate of drug-likeness (QED) is 0.761. The predicted molar refractivity (Wildman–Crippen MR) is 71.7 cm³/mol. The van der Waals surface area contributed by atoms with E-state index in [9.17, 15) is 4.79 Å². The smallest absolute Gasteiger partial charge is 0.262 e. The van der Waals surface area contributed by atoms with Crippen LogP contribution in [0.3, 0.4) is 0 Å². The van der Waals surface area contributed by atoms with Crippen molar-refractivity contribution in [3.8, 4) is 0 Å². The third-order valence-electron chi connectivity index (χ3n) is 3.01. The van der Waals surface area contributed by atoms with Gasteiger partial charge in [-0.1, -0.05) is 41.7 Å². The van der Waals surface area contributed by atoms with Crippen LogP contribution in [0.1, 0.15) is 39.0 Å². The molecule has 1 fully saturated rings. The highest BCUT2D eigenvalue weighted by molar-refractivity contribution is 6.68. The van der Waals surface area contributed by atoms with E-state index < -0.39 is 9.96 Å². The van der Waals surface area contributed by atoms with Gasteiger partial charge in [0.2, 0.25) is 12.1 Å². The van der Waals surface area contributed by atoms with Crippen LogP contribution in [0.15, 0.2) is 0 Å². The highest BCUT2D eigenvalue weighted by Crippen LogP contribution is 2.28. The maximum Gasteiger partial charge on any atom is 0.262 e. The normalized spacial score (nSPS) is 20.0. The molecule has 0 aromatic heterocycles. The molecule has 1 atom stereocenters. The number of nitrogens with one attached hydrogen (secondary N) is 2. The molecule has 1 heterocycles. The number of amides is 1. The van der Waals surface area contributed by atoms with Crippen LogP contribution >= 0.6 is 34.8 Å². The second-order valence-electron chi connectivity index (χ2n) is 4.51. The molecule has 2 N–H and O–H groups in total. The molecule has 1 amide bonds. The number of hydrogen-bond acceptors (Lipinski definition) is 1. The van der Waals surface area contributed by atoms with Crippen LogP contribution in [-0.2, 0) is 4.79 Å². The van der Waals surface area contributed by atoms with Crippen molar-refractivity contribution in [3.63, 3.8) is 0 Å². The SMILES string of the molecule is CCCC(=O)N[C@@H]([NH+]1CCCCC1)C(Cl)(Cl)Cl. The molecule has 100 valence electrons. The first-order valence-electron chi connectivity index (χ1n) is 6.15. The summed E-state index contributed by atoms with van der Waals surface area (Å²) < 4.78 is -1.45. The summed E-state index contributed by atoms with van der Waals surface area (Å²) in [5, 5.41) is 2.86. The molecule has 1 aliphatic rings. The molecule has 0 unspecified atom stereocenters. The van der Waals surface area contributed by atoms with Crippen LogP contribution in [0, 0.1) is 0 Å². The van der Waals surface area contributed by atoms with Crippen LogP contribution < -0.4 is 10.2 Å². The fourth-order valence-electron chi connectivity index (χ4n) is 2.17. The van der Waals surface area contributed by atoms with Crippen LogP contribution in [0.5, 0.6) is 0 Å². The first-order chi connectivity index (χ1) is 7.95. The van der Waals surface area contributed by atoms with E-state index in [0.29, 0.717) is 6.42 Å². The molecule has 0 bridgehead atoms. The van der Waals surface area contributed by atoms with Crippen LogP contribution in [0.2, 0.25) is 0 Å². The van der Waals surface area contributed by atoms with E-state index in [2.05, 4.69) is 5.32 Å². The van der Waals surface area contributed by atoms with Gasteiger partial charge in [-0.3, -0.25) is 4.79 Å². The number of quaternary nitrogens is 1. The molecular weight excluding hydrogens is 282 g/mol. The Bertz CT molecular complexity index is 250. The van der Waals surface area contributed by atoms with Crippen molar-refractivity contribution in [3.05, 3.63) is 0 Å². The summed E-state index contributed by atoms with van der Waals surface area (Å²) in [6, 6.07) is 0. The highest BCUT2D eigenvalue weighted by atomic mass is 35.6. The zero-order valence-corrected chi connectivity index (χ0v) is 12.3. The summed E-state index contributed by atoms with van der Waals surface area (Å²) in [7, 11) is 0. The monoisotopic (exact) mass is 301 g/mol. The predicted octanol–water partition coefficient (Wildman–Crippen LogP) is 1.67. The Kier molecular flexibility index (Phi) is 6.35. The van der Waals surface area contributed by atoms with Gasteiger partial charge in [-0.15, -0.1) is 0 Å². The Hall–Kier alpha value is 0.300. The average molecular weight is 303 g/mol. The molecule has 17 heavy (non-hydrogen) atoms. The molecular formula is C11H20Cl3N2O+. The minimum atomic E-state index is -1.45. The van der Waals surface area contributed by atoms with Crippen molar-refractivity contribution in [2.75, 3.05) is 13.1 Å². The Morgan fingerprint density at radius 2 is 1.88 bits per heavy atom. The van der Waals surface area contributed by atoms with Gasteiger partial charge < -0.3 is 10.2 Å². The molecule has 6 heteroatoms. The lowest BCUT2D eigenvalue weighted by atomic mass is 10.1. The Morgan fingerprint density at radius 1 is 1.29 bits per heavy atom. The van der Waals surface area contributed by atoms with Gasteiger partial charge in [0, 0.05) is 6.42 Å². The molecule has 0 aromatic carbocycles. The van der Waals surface area contributed by atoms with Crippen LogP contribution in [0.4, 0.5) is 0 Å². The van der Waals surface area contributed by atoms with Gasteiger partial charge in [-0.05, 0) is 25.7 Å². The molecule has 0 aliphatic carbocycles. The van der Waals surface area contributed by atoms with Crippen LogP contribution in [-0.4, -0.2) is 29.0 Å². The third kappa shape index (κ3) is 5.21. The summed E-state index contributed by atoms with van der Waals surface area (Å²) >= 11 is 17.9. The number of carbonyl (C=O) groups is 1. The van der Waals surface area contributed by atoms with Crippen molar-refractivity contribution < 1.29 is 9.69 Å². The van der Waals surface area contributed by atoms with Crippen molar-refractivity contribution in [2.45, 2.75) is 49.0 Å². The summed E-state index contributed by atoms with van der Waals surface area (Å²) in [5.41, 5.74) is 0. The van der Waals surface area contributed by atoms with E-state index in [4.69, 9.17) is 34.8 Å². The highest BCUT2D eigenvalue weighted by Gasteiger charge is 2.42. The van der Waals surface area contributed by atoms with Gasteiger partial charge in [0.15, 0.2) is 0 Å². The molecule has 3 nitrogen and oxygen atoms in total. The van der Waals surface area contributed by atoms with Gasteiger partial charge in [-0.2, -0.15) is 0 Å². The summed E-state index contributed by atoms with van der Waals surface area (Å²) in [6.45, 7) is 3.85. The number of halogens is 3. The zero-order chi connectivity index (χ0) is 12.9.